The highest BCUT2D eigenvalue weighted by Gasteiger charge is 2.55. The number of aromatic amines is 1. The van der Waals surface area contributed by atoms with Crippen LogP contribution < -0.4 is 5.32 Å². The van der Waals surface area contributed by atoms with Crippen LogP contribution in [0.1, 0.15) is 44.8 Å². The normalized spacial score (nSPS) is 20.1. The summed E-state index contributed by atoms with van der Waals surface area (Å²) in [6.45, 7) is 4.01. The quantitative estimate of drug-likeness (QED) is 0.0905. The van der Waals surface area contributed by atoms with Crippen LogP contribution in [0.2, 0.25) is 0 Å². The molecular formula is C25H33N6O8PS2. The van der Waals surface area contributed by atoms with Crippen molar-refractivity contribution in [3.8, 4) is 0 Å². The number of rotatable bonds is 16. The van der Waals surface area contributed by atoms with E-state index in [1.54, 1.807) is 44.2 Å². The number of aliphatic carboxylic acids is 1. The molecule has 2 unspecified atom stereocenters. The van der Waals surface area contributed by atoms with E-state index < -0.39 is 48.1 Å². The summed E-state index contributed by atoms with van der Waals surface area (Å²) in [5.74, 6) is -2.31. The van der Waals surface area contributed by atoms with Crippen LogP contribution in [0, 0.1) is 0 Å². The first-order valence-electron chi connectivity index (χ1n) is 13.4. The minimum absolute atomic E-state index is 0.145. The van der Waals surface area contributed by atoms with E-state index in [4.69, 9.17) is 9.05 Å². The number of tetrazole rings is 1. The molecular weight excluding hydrogens is 607 g/mol. The molecule has 228 valence electrons. The second-order valence-corrected chi connectivity index (χ2v) is 13.8. The second-order valence-electron chi connectivity index (χ2n) is 9.35. The standard InChI is InChI=1S/C25H33N6O8PS2/c1-3-38-40(37,39-4-2)13-9-8-12-17(42-25-27-29-30-28-25)16-14-41-23-18(22(34)31(23)19(16)24(35)36)26-21(33)20(32)15-10-6-5-7-11-15/h5-7,10-11,17-18,20,23,32H,3-4,8-9,12-14H2,1-2H3,(H,26,33)(H,35,36)(H,27,28,29,30)/t17?,18-,20?,23+/m1/s1. The van der Waals surface area contributed by atoms with Crippen molar-refractivity contribution < 1.29 is 38.2 Å². The number of fused-ring (bicyclic) bond motifs is 1. The Balaban J connectivity index is 1.49. The summed E-state index contributed by atoms with van der Waals surface area (Å²) >= 11 is 2.55. The maximum Gasteiger partial charge on any atom is 0.352 e. The predicted molar refractivity (Wildman–Crippen MR) is 154 cm³/mol. The molecule has 0 aliphatic carbocycles. The molecule has 0 saturated carbocycles. The SMILES string of the molecule is CCOP(=O)(CCCCC(Sc1nn[nH]n1)C1=C(C(=O)O)N2C(=O)[C@@H](NC(=O)C(O)c3ccccc3)[C@@H]2SC1)OCC. The Bertz CT molecular complexity index is 1320. The number of aliphatic hydroxyl groups is 1. The number of β-lactam (4-membered cyclic amide) rings is 1. The first-order chi connectivity index (χ1) is 20.2. The zero-order valence-corrected chi connectivity index (χ0v) is 25.6. The number of aromatic nitrogens is 4. The monoisotopic (exact) mass is 640 g/mol. The van der Waals surface area contributed by atoms with Gasteiger partial charge < -0.3 is 24.6 Å². The third-order valence-corrected chi connectivity index (χ3v) is 11.3. The van der Waals surface area contributed by atoms with Crippen LogP contribution in [0.4, 0.5) is 0 Å². The van der Waals surface area contributed by atoms with Crippen LogP contribution in [-0.4, -0.2) is 95.3 Å². The summed E-state index contributed by atoms with van der Waals surface area (Å²) in [6, 6.07) is 7.34. The average molecular weight is 641 g/mol. The van der Waals surface area contributed by atoms with Gasteiger partial charge in [0, 0.05) is 11.0 Å². The zero-order chi connectivity index (χ0) is 30.3. The molecule has 2 aromatic rings. The van der Waals surface area contributed by atoms with Crippen molar-refractivity contribution in [2.75, 3.05) is 25.1 Å². The number of aliphatic hydroxyl groups excluding tert-OH is 1. The lowest BCUT2D eigenvalue weighted by molar-refractivity contribution is -0.151. The van der Waals surface area contributed by atoms with Gasteiger partial charge in [0.05, 0.1) is 19.4 Å². The van der Waals surface area contributed by atoms with Crippen LogP contribution in [0.25, 0.3) is 0 Å². The van der Waals surface area contributed by atoms with Crippen molar-refractivity contribution in [3.05, 3.63) is 47.2 Å². The Morgan fingerprint density at radius 2 is 1.95 bits per heavy atom. The Morgan fingerprint density at radius 1 is 1.24 bits per heavy atom. The number of unbranched alkanes of at least 4 members (excludes halogenated alkanes) is 1. The topological polar surface area (TPSA) is 197 Å². The zero-order valence-electron chi connectivity index (χ0n) is 23.0. The number of amides is 2. The molecule has 1 aromatic carbocycles. The molecule has 14 nitrogen and oxygen atoms in total. The molecule has 1 fully saturated rings. The van der Waals surface area contributed by atoms with Gasteiger partial charge in [-0.2, -0.15) is 5.21 Å². The lowest BCUT2D eigenvalue weighted by Crippen LogP contribution is -2.71. The molecule has 0 spiro atoms. The fourth-order valence-corrected chi connectivity index (χ4v) is 9.05. The van der Waals surface area contributed by atoms with E-state index in [2.05, 4.69) is 25.9 Å². The number of hydrogen-bond donors (Lipinski definition) is 4. The summed E-state index contributed by atoms with van der Waals surface area (Å²) in [4.78, 5) is 39.6. The van der Waals surface area contributed by atoms with Gasteiger partial charge in [-0.1, -0.05) is 48.5 Å². The van der Waals surface area contributed by atoms with E-state index in [1.807, 2.05) is 0 Å². The maximum atomic E-state index is 13.2. The first kappa shape index (κ1) is 32.2. The van der Waals surface area contributed by atoms with Gasteiger partial charge >= 0.3 is 13.6 Å². The minimum Gasteiger partial charge on any atom is -0.477 e. The molecule has 4 rings (SSSR count). The van der Waals surface area contributed by atoms with Crippen LogP contribution in [0.3, 0.4) is 0 Å². The molecule has 2 amide bonds. The van der Waals surface area contributed by atoms with Crippen LogP contribution >= 0.6 is 31.1 Å². The number of H-pyrrole nitrogens is 1. The highest BCUT2D eigenvalue weighted by Crippen LogP contribution is 2.49. The highest BCUT2D eigenvalue weighted by molar-refractivity contribution is 8.01. The number of carbonyl (C=O) groups is 3. The fourth-order valence-electron chi connectivity index (χ4n) is 4.74. The number of carboxylic acid groups (broad SMARTS) is 1. The minimum atomic E-state index is -3.22. The van der Waals surface area contributed by atoms with Gasteiger partial charge in [0.1, 0.15) is 17.1 Å². The van der Waals surface area contributed by atoms with Crippen molar-refractivity contribution >= 4 is 48.9 Å². The molecule has 4 atom stereocenters. The Hall–Kier alpha value is -2.75. The molecule has 1 saturated heterocycles. The molecule has 17 heteroatoms. The van der Waals surface area contributed by atoms with E-state index >= 15 is 0 Å². The lowest BCUT2D eigenvalue weighted by atomic mass is 9.99. The molecule has 3 heterocycles. The van der Waals surface area contributed by atoms with E-state index in [-0.39, 0.29) is 30.8 Å². The Kier molecular flexibility index (Phi) is 11.2. The van der Waals surface area contributed by atoms with Gasteiger partial charge in [-0.3, -0.25) is 19.1 Å². The van der Waals surface area contributed by atoms with Gasteiger partial charge in [0.25, 0.3) is 11.8 Å². The van der Waals surface area contributed by atoms with Crippen molar-refractivity contribution in [2.24, 2.45) is 0 Å². The number of carbonyl (C=O) groups excluding carboxylic acids is 2. The van der Waals surface area contributed by atoms with Crippen LogP contribution in [0.5, 0.6) is 0 Å². The van der Waals surface area contributed by atoms with Crippen LogP contribution in [-0.2, 0) is 28.0 Å². The number of nitrogens with one attached hydrogen (secondary N) is 2. The lowest BCUT2D eigenvalue weighted by Gasteiger charge is -2.50. The molecule has 4 N–H and O–H groups in total. The summed E-state index contributed by atoms with van der Waals surface area (Å²) in [5, 5.41) is 36.4. The van der Waals surface area contributed by atoms with Gasteiger partial charge in [0.15, 0.2) is 6.10 Å². The van der Waals surface area contributed by atoms with Crippen molar-refractivity contribution in [3.63, 3.8) is 0 Å². The summed E-state index contributed by atoms with van der Waals surface area (Å²) in [6.07, 6.45) is 0.292. The van der Waals surface area contributed by atoms with Gasteiger partial charge in [0.2, 0.25) is 5.16 Å². The first-order valence-corrected chi connectivity index (χ1v) is 17.1. The summed E-state index contributed by atoms with van der Waals surface area (Å²) < 4.78 is 23.6. The molecule has 0 radical (unpaired) electrons. The van der Waals surface area contributed by atoms with E-state index in [1.165, 1.54) is 28.4 Å². The highest BCUT2D eigenvalue weighted by atomic mass is 32.2. The number of hydrogen-bond acceptors (Lipinski definition) is 12. The number of thioether (sulfide) groups is 2. The molecule has 0 bridgehead atoms. The van der Waals surface area contributed by atoms with Gasteiger partial charge in [-0.15, -0.1) is 22.0 Å². The molecule has 2 aliphatic rings. The van der Waals surface area contributed by atoms with Crippen LogP contribution in [0.15, 0.2) is 46.8 Å². The number of nitrogens with zero attached hydrogens (tertiary/aromatic N) is 4. The largest absolute Gasteiger partial charge is 0.477 e. The number of carboxylic acids is 1. The second kappa shape index (κ2) is 14.6. The van der Waals surface area contributed by atoms with E-state index in [9.17, 15) is 29.2 Å². The van der Waals surface area contributed by atoms with Crippen molar-refractivity contribution in [1.82, 2.24) is 30.8 Å². The van der Waals surface area contributed by atoms with Gasteiger partial charge in [-0.05, 0) is 43.0 Å². The smallest absolute Gasteiger partial charge is 0.352 e. The molecule has 2 aliphatic heterocycles. The van der Waals surface area contributed by atoms with Gasteiger partial charge in [-0.25, -0.2) is 4.79 Å². The third kappa shape index (κ3) is 7.41. The third-order valence-electron chi connectivity index (χ3n) is 6.62. The maximum absolute atomic E-state index is 13.2. The fraction of sp³-hybridized carbons (Fsp3) is 0.520. The van der Waals surface area contributed by atoms with Crippen molar-refractivity contribution in [2.45, 2.75) is 61.0 Å². The summed E-state index contributed by atoms with van der Waals surface area (Å²) in [5.41, 5.74) is 0.746. The average Bonchev–Trinajstić information content (AvgIpc) is 3.50. The summed E-state index contributed by atoms with van der Waals surface area (Å²) in [7, 11) is -3.22. The van der Waals surface area contributed by atoms with Crippen molar-refractivity contribution in [1.29, 1.82) is 0 Å². The Morgan fingerprint density at radius 3 is 2.57 bits per heavy atom. The van der Waals surface area contributed by atoms with E-state index in [0.29, 0.717) is 35.6 Å². The predicted octanol–water partition coefficient (Wildman–Crippen LogP) is 2.57. The van der Waals surface area contributed by atoms with E-state index in [0.717, 1.165) is 0 Å². The molecule has 1 aromatic heterocycles. The number of benzene rings is 1. The molecule has 42 heavy (non-hydrogen) atoms. The Labute approximate surface area is 250 Å².